The average molecular weight is 246 g/mol. The number of anilines is 1. The average Bonchev–Trinajstić information content (AvgIpc) is 3.18. The van der Waals surface area contributed by atoms with Crippen LogP contribution in [0.1, 0.15) is 38.2 Å². The first-order valence-corrected chi connectivity index (χ1v) is 6.75. The van der Waals surface area contributed by atoms with Crippen LogP contribution in [0.5, 0.6) is 0 Å². The van der Waals surface area contributed by atoms with Crippen molar-refractivity contribution in [1.82, 2.24) is 5.32 Å². The van der Waals surface area contributed by atoms with E-state index in [9.17, 15) is 4.79 Å². The topological polar surface area (TPSA) is 41.1 Å². The first-order valence-electron chi connectivity index (χ1n) is 6.75. The normalized spacial score (nSPS) is 14.6. The second kappa shape index (κ2) is 5.89. The van der Waals surface area contributed by atoms with E-state index in [-0.39, 0.29) is 5.91 Å². The van der Waals surface area contributed by atoms with Crippen molar-refractivity contribution in [2.24, 2.45) is 5.92 Å². The maximum Gasteiger partial charge on any atom is 0.239 e. The standard InChI is InChI=1S/C15H22N2O/c1-11(2)13-4-3-5-14(8-13)16-10-15(18)17-9-12-6-7-12/h3-5,8,11-12,16H,6-7,9-10H2,1-2H3,(H,17,18). The van der Waals surface area contributed by atoms with Crippen molar-refractivity contribution in [3.63, 3.8) is 0 Å². The van der Waals surface area contributed by atoms with Gasteiger partial charge in [0.1, 0.15) is 0 Å². The number of hydrogen-bond donors (Lipinski definition) is 2. The number of hydrogen-bond acceptors (Lipinski definition) is 2. The monoisotopic (exact) mass is 246 g/mol. The molecule has 1 fully saturated rings. The van der Waals surface area contributed by atoms with Crippen LogP contribution < -0.4 is 10.6 Å². The Morgan fingerprint density at radius 1 is 1.39 bits per heavy atom. The third kappa shape index (κ3) is 4.06. The highest BCUT2D eigenvalue weighted by Gasteiger charge is 2.21. The molecule has 98 valence electrons. The van der Waals surface area contributed by atoms with Gasteiger partial charge in [0.05, 0.1) is 6.54 Å². The zero-order chi connectivity index (χ0) is 13.0. The Bertz CT molecular complexity index is 411. The fraction of sp³-hybridized carbons (Fsp3) is 0.533. The van der Waals surface area contributed by atoms with Crippen LogP contribution in [-0.2, 0) is 4.79 Å². The van der Waals surface area contributed by atoms with Crippen molar-refractivity contribution >= 4 is 11.6 Å². The summed E-state index contributed by atoms with van der Waals surface area (Å²) in [6, 6.07) is 8.25. The summed E-state index contributed by atoms with van der Waals surface area (Å²) in [5.74, 6) is 1.32. The van der Waals surface area contributed by atoms with Crippen molar-refractivity contribution in [3.05, 3.63) is 29.8 Å². The van der Waals surface area contributed by atoms with E-state index < -0.39 is 0 Å². The number of rotatable bonds is 6. The molecule has 2 N–H and O–H groups in total. The molecule has 0 radical (unpaired) electrons. The Labute approximate surface area is 109 Å². The maximum absolute atomic E-state index is 11.6. The van der Waals surface area contributed by atoms with Gasteiger partial charge in [-0.3, -0.25) is 4.79 Å². The molecule has 0 aliphatic heterocycles. The van der Waals surface area contributed by atoms with E-state index in [0.29, 0.717) is 12.5 Å². The van der Waals surface area contributed by atoms with Gasteiger partial charge in [0.15, 0.2) is 0 Å². The highest BCUT2D eigenvalue weighted by atomic mass is 16.1. The fourth-order valence-electron chi connectivity index (χ4n) is 1.83. The number of amides is 1. The van der Waals surface area contributed by atoms with Crippen LogP contribution in [0.4, 0.5) is 5.69 Å². The van der Waals surface area contributed by atoms with Gasteiger partial charge in [0.25, 0.3) is 0 Å². The molecule has 0 atom stereocenters. The van der Waals surface area contributed by atoms with E-state index in [1.54, 1.807) is 0 Å². The van der Waals surface area contributed by atoms with Gasteiger partial charge >= 0.3 is 0 Å². The summed E-state index contributed by atoms with van der Waals surface area (Å²) in [4.78, 5) is 11.6. The van der Waals surface area contributed by atoms with Crippen LogP contribution in [0.2, 0.25) is 0 Å². The second-order valence-corrected chi connectivity index (χ2v) is 5.38. The van der Waals surface area contributed by atoms with Gasteiger partial charge in [-0.2, -0.15) is 0 Å². The SMILES string of the molecule is CC(C)c1cccc(NCC(=O)NCC2CC2)c1. The Morgan fingerprint density at radius 3 is 2.83 bits per heavy atom. The number of nitrogens with one attached hydrogen (secondary N) is 2. The molecule has 0 aromatic heterocycles. The lowest BCUT2D eigenvalue weighted by Gasteiger charge is -2.10. The Balaban J connectivity index is 1.77. The largest absolute Gasteiger partial charge is 0.376 e. The Hall–Kier alpha value is -1.51. The fourth-order valence-corrected chi connectivity index (χ4v) is 1.83. The van der Waals surface area contributed by atoms with E-state index in [0.717, 1.165) is 18.2 Å². The van der Waals surface area contributed by atoms with E-state index >= 15 is 0 Å². The summed E-state index contributed by atoms with van der Waals surface area (Å²) < 4.78 is 0. The van der Waals surface area contributed by atoms with Crippen LogP contribution >= 0.6 is 0 Å². The summed E-state index contributed by atoms with van der Waals surface area (Å²) in [5, 5.41) is 6.12. The van der Waals surface area contributed by atoms with Gasteiger partial charge in [-0.25, -0.2) is 0 Å². The predicted octanol–water partition coefficient (Wildman–Crippen LogP) is 2.75. The molecule has 1 saturated carbocycles. The summed E-state index contributed by atoms with van der Waals surface area (Å²) in [6.07, 6.45) is 2.54. The summed E-state index contributed by atoms with van der Waals surface area (Å²) in [7, 11) is 0. The van der Waals surface area contributed by atoms with E-state index in [1.807, 2.05) is 12.1 Å². The third-order valence-corrected chi connectivity index (χ3v) is 3.29. The lowest BCUT2D eigenvalue weighted by atomic mass is 10.0. The first kappa shape index (κ1) is 12.9. The number of carbonyl (C=O) groups excluding carboxylic acids is 1. The minimum Gasteiger partial charge on any atom is -0.376 e. The molecule has 3 nitrogen and oxygen atoms in total. The third-order valence-electron chi connectivity index (χ3n) is 3.29. The number of benzene rings is 1. The van der Waals surface area contributed by atoms with Gasteiger partial charge < -0.3 is 10.6 Å². The smallest absolute Gasteiger partial charge is 0.239 e. The van der Waals surface area contributed by atoms with Crippen LogP contribution in [0.25, 0.3) is 0 Å². The second-order valence-electron chi connectivity index (χ2n) is 5.38. The molecule has 0 bridgehead atoms. The highest BCUT2D eigenvalue weighted by Crippen LogP contribution is 2.27. The molecule has 0 unspecified atom stereocenters. The quantitative estimate of drug-likeness (QED) is 0.810. The van der Waals surface area contributed by atoms with Crippen LogP contribution in [-0.4, -0.2) is 19.0 Å². The Kier molecular flexibility index (Phi) is 4.24. The first-order chi connectivity index (χ1) is 8.65. The molecule has 1 aliphatic carbocycles. The summed E-state index contributed by atoms with van der Waals surface area (Å²) in [5.41, 5.74) is 2.31. The molecule has 18 heavy (non-hydrogen) atoms. The highest BCUT2D eigenvalue weighted by molar-refractivity contribution is 5.80. The van der Waals surface area contributed by atoms with E-state index in [4.69, 9.17) is 0 Å². The molecule has 1 amide bonds. The zero-order valence-corrected chi connectivity index (χ0v) is 11.2. The van der Waals surface area contributed by atoms with Crippen molar-refractivity contribution in [1.29, 1.82) is 0 Å². The van der Waals surface area contributed by atoms with Gasteiger partial charge in [0, 0.05) is 12.2 Å². The molecule has 0 saturated heterocycles. The van der Waals surface area contributed by atoms with Gasteiger partial charge in [-0.15, -0.1) is 0 Å². The lowest BCUT2D eigenvalue weighted by Crippen LogP contribution is -2.31. The van der Waals surface area contributed by atoms with Gasteiger partial charge in [-0.05, 0) is 42.4 Å². The minimum absolute atomic E-state index is 0.0804. The van der Waals surface area contributed by atoms with E-state index in [1.165, 1.54) is 18.4 Å². The zero-order valence-electron chi connectivity index (χ0n) is 11.2. The molecule has 1 aromatic rings. The lowest BCUT2D eigenvalue weighted by molar-refractivity contribution is -0.119. The molecule has 1 aromatic carbocycles. The maximum atomic E-state index is 11.6. The molecule has 0 spiro atoms. The van der Waals surface area contributed by atoms with Crippen LogP contribution in [0, 0.1) is 5.92 Å². The van der Waals surface area contributed by atoms with Crippen molar-refractivity contribution in [3.8, 4) is 0 Å². The van der Waals surface area contributed by atoms with Gasteiger partial charge in [-0.1, -0.05) is 26.0 Å². The minimum atomic E-state index is 0.0804. The van der Waals surface area contributed by atoms with E-state index in [2.05, 4.69) is 36.6 Å². The molecule has 0 heterocycles. The van der Waals surface area contributed by atoms with Crippen LogP contribution in [0.3, 0.4) is 0 Å². The molecule has 2 rings (SSSR count). The molecule has 1 aliphatic rings. The van der Waals surface area contributed by atoms with Crippen molar-refractivity contribution in [2.45, 2.75) is 32.6 Å². The summed E-state index contributed by atoms with van der Waals surface area (Å²) in [6.45, 7) is 5.53. The molecular weight excluding hydrogens is 224 g/mol. The van der Waals surface area contributed by atoms with Gasteiger partial charge in [0.2, 0.25) is 5.91 Å². The molecular formula is C15H22N2O. The number of carbonyl (C=O) groups is 1. The Morgan fingerprint density at radius 2 is 2.17 bits per heavy atom. The molecule has 3 heteroatoms. The van der Waals surface area contributed by atoms with Crippen molar-refractivity contribution < 1.29 is 4.79 Å². The predicted molar refractivity (Wildman–Crippen MR) is 74.8 cm³/mol. The van der Waals surface area contributed by atoms with Crippen molar-refractivity contribution in [2.75, 3.05) is 18.4 Å². The van der Waals surface area contributed by atoms with Crippen LogP contribution in [0.15, 0.2) is 24.3 Å². The summed E-state index contributed by atoms with van der Waals surface area (Å²) >= 11 is 0.